The van der Waals surface area contributed by atoms with Gasteiger partial charge in [0.1, 0.15) is 13.8 Å². The van der Waals surface area contributed by atoms with Gasteiger partial charge in [-0.2, -0.15) is 4.98 Å². The molecule has 0 unspecified atom stereocenters. The topological polar surface area (TPSA) is 81.1 Å². The summed E-state index contributed by atoms with van der Waals surface area (Å²) < 4.78 is 7.11. The van der Waals surface area contributed by atoms with Crippen LogP contribution in [0.1, 0.15) is 47.1 Å². The number of para-hydroxylation sites is 2. The predicted molar refractivity (Wildman–Crippen MR) is 169 cm³/mol. The third-order valence-electron chi connectivity index (χ3n) is 7.78. The van der Waals surface area contributed by atoms with Gasteiger partial charge in [0.25, 0.3) is 5.56 Å². The monoisotopic (exact) mass is 553 g/mol. The van der Waals surface area contributed by atoms with Crippen molar-refractivity contribution < 1.29 is 4.74 Å². The van der Waals surface area contributed by atoms with Crippen LogP contribution >= 0.6 is 0 Å². The molecular weight excluding hydrogens is 514 g/mol. The second-order valence-electron chi connectivity index (χ2n) is 10.9. The maximum Gasteiger partial charge on any atom is 0.258 e. The molecule has 0 atom stereocenters. The second kappa shape index (κ2) is 12.0. The lowest BCUT2D eigenvalue weighted by atomic mass is 10.1. The zero-order valence-corrected chi connectivity index (χ0v) is 25.7. The van der Waals surface area contributed by atoms with Gasteiger partial charge < -0.3 is 15.4 Å². The van der Waals surface area contributed by atoms with Crippen molar-refractivity contribution in [3.63, 3.8) is 0 Å². The quantitative estimate of drug-likeness (QED) is 0.178. The lowest BCUT2D eigenvalue weighted by molar-refractivity contribution is 0.417. The Morgan fingerprint density at radius 2 is 1.65 bits per heavy atom. The molecule has 0 aliphatic carbocycles. The van der Waals surface area contributed by atoms with E-state index in [2.05, 4.69) is 68.6 Å². The van der Waals surface area contributed by atoms with Gasteiger partial charge in [0.05, 0.1) is 23.9 Å². The first-order valence-electron chi connectivity index (χ1n) is 13.8. The molecule has 4 rings (SSSR count). The molecule has 2 aromatic carbocycles. The number of nitrogens with zero attached hydrogens (tertiary/aromatic N) is 3. The fraction of sp³-hybridized carbons (Fsp3) is 0.344. The Balaban J connectivity index is 1.98. The molecule has 208 valence electrons. The average molecular weight is 554 g/mol. The lowest BCUT2D eigenvalue weighted by Crippen LogP contribution is -2.43. The zero-order valence-electron chi connectivity index (χ0n) is 24.7. The summed E-state index contributed by atoms with van der Waals surface area (Å²) in [6, 6.07) is 16.9. The van der Waals surface area contributed by atoms with Crippen molar-refractivity contribution in [3.05, 3.63) is 76.7 Å². The minimum atomic E-state index is -2.02. The van der Waals surface area contributed by atoms with Crippen molar-refractivity contribution in [2.45, 2.75) is 58.2 Å². The van der Waals surface area contributed by atoms with Gasteiger partial charge in [0.2, 0.25) is 5.95 Å². The number of benzene rings is 2. The van der Waals surface area contributed by atoms with Crippen LogP contribution in [-0.2, 0) is 0 Å². The molecule has 0 amide bonds. The summed E-state index contributed by atoms with van der Waals surface area (Å²) in [5.74, 6) is 4.49. The molecule has 7 nitrogen and oxygen atoms in total. The maximum absolute atomic E-state index is 13.7. The summed E-state index contributed by atoms with van der Waals surface area (Å²) in [4.78, 5) is 23.2. The standard InChI is InChI=1S/C32H39N5O2Si/c1-21(2)40(22(3)4,23(5)6)17-16-24-18-30(38)37(26-13-11-12-25(19-26)33-7)31-27(24)20-34-32(36-31)35-28-14-9-10-15-29(28)39-8/h9-15,18-23,33H,1-8H3,(H,34,35,36). The molecule has 0 fully saturated rings. The average Bonchev–Trinajstić information content (AvgIpc) is 2.93. The molecule has 0 aliphatic rings. The second-order valence-corrected chi connectivity index (χ2v) is 16.5. The normalized spacial score (nSPS) is 11.6. The van der Waals surface area contributed by atoms with Crippen molar-refractivity contribution in [2.24, 2.45) is 0 Å². The van der Waals surface area contributed by atoms with Crippen LogP contribution in [-0.4, -0.2) is 36.8 Å². The van der Waals surface area contributed by atoms with Gasteiger partial charge in [0.15, 0.2) is 5.65 Å². The molecule has 0 radical (unpaired) electrons. The Hall–Kier alpha value is -4.09. The van der Waals surface area contributed by atoms with E-state index in [-0.39, 0.29) is 5.56 Å². The predicted octanol–water partition coefficient (Wildman–Crippen LogP) is 7.14. The molecule has 0 aliphatic heterocycles. The van der Waals surface area contributed by atoms with Crippen LogP contribution in [0.3, 0.4) is 0 Å². The van der Waals surface area contributed by atoms with Crippen molar-refractivity contribution >= 4 is 36.4 Å². The number of ether oxygens (including phenoxy) is 1. The number of anilines is 3. The first-order chi connectivity index (χ1) is 19.1. The van der Waals surface area contributed by atoms with Gasteiger partial charge in [-0.1, -0.05) is 65.7 Å². The Labute approximate surface area is 238 Å². The van der Waals surface area contributed by atoms with Crippen molar-refractivity contribution in [3.8, 4) is 22.9 Å². The maximum atomic E-state index is 13.7. The Bertz CT molecular complexity index is 1610. The first-order valence-corrected chi connectivity index (χ1v) is 16.0. The highest BCUT2D eigenvalue weighted by Gasteiger charge is 2.41. The fourth-order valence-electron chi connectivity index (χ4n) is 5.79. The van der Waals surface area contributed by atoms with Gasteiger partial charge in [-0.05, 0) is 47.0 Å². The lowest BCUT2D eigenvalue weighted by Gasteiger charge is -2.38. The van der Waals surface area contributed by atoms with E-state index in [1.54, 1.807) is 23.9 Å². The summed E-state index contributed by atoms with van der Waals surface area (Å²) in [7, 11) is 1.45. The van der Waals surface area contributed by atoms with Gasteiger partial charge in [0, 0.05) is 30.6 Å². The minimum Gasteiger partial charge on any atom is -0.495 e. The SMILES string of the molecule is CNc1cccc(-n2c(=O)cc(C#C[Si](C(C)C)(C(C)C)C(C)C)c3cnc(Nc4ccccc4OC)nc32)c1. The molecule has 0 bridgehead atoms. The molecular formula is C32H39N5O2Si. The highest BCUT2D eigenvalue weighted by molar-refractivity contribution is 6.90. The van der Waals surface area contributed by atoms with Crippen LogP contribution in [0.25, 0.3) is 16.7 Å². The van der Waals surface area contributed by atoms with E-state index in [4.69, 9.17) is 9.72 Å². The van der Waals surface area contributed by atoms with Crippen LogP contribution < -0.4 is 20.9 Å². The number of nitrogens with one attached hydrogen (secondary N) is 2. The number of pyridine rings is 1. The zero-order chi connectivity index (χ0) is 29.0. The molecule has 2 heterocycles. The van der Waals surface area contributed by atoms with Gasteiger partial charge >= 0.3 is 0 Å². The largest absolute Gasteiger partial charge is 0.495 e. The van der Waals surface area contributed by atoms with E-state index in [0.29, 0.717) is 45.2 Å². The first kappa shape index (κ1) is 28.9. The molecule has 0 saturated carbocycles. The molecule has 40 heavy (non-hydrogen) atoms. The third kappa shape index (κ3) is 5.47. The van der Waals surface area contributed by atoms with E-state index in [0.717, 1.165) is 16.8 Å². The van der Waals surface area contributed by atoms with Crippen LogP contribution in [0.4, 0.5) is 17.3 Å². The highest BCUT2D eigenvalue weighted by Crippen LogP contribution is 2.41. The van der Waals surface area contributed by atoms with Gasteiger partial charge in [-0.25, -0.2) is 4.98 Å². The number of aromatic nitrogens is 3. The van der Waals surface area contributed by atoms with Crippen LogP contribution in [0.15, 0.2) is 65.6 Å². The fourth-order valence-corrected chi connectivity index (χ4v) is 11.0. The number of methoxy groups -OCH3 is 1. The van der Waals surface area contributed by atoms with E-state index in [1.807, 2.05) is 55.6 Å². The van der Waals surface area contributed by atoms with Gasteiger partial charge in [-0.15, -0.1) is 5.54 Å². The third-order valence-corrected chi connectivity index (χ3v) is 14.1. The van der Waals surface area contributed by atoms with E-state index >= 15 is 0 Å². The molecule has 2 aromatic heterocycles. The van der Waals surface area contributed by atoms with E-state index in [9.17, 15) is 4.79 Å². The van der Waals surface area contributed by atoms with E-state index < -0.39 is 8.07 Å². The highest BCUT2D eigenvalue weighted by atomic mass is 28.3. The van der Waals surface area contributed by atoms with Crippen LogP contribution in [0.5, 0.6) is 5.75 Å². The van der Waals surface area contributed by atoms with Crippen LogP contribution in [0.2, 0.25) is 16.6 Å². The molecule has 8 heteroatoms. The van der Waals surface area contributed by atoms with Crippen molar-refractivity contribution in [1.29, 1.82) is 0 Å². The van der Waals surface area contributed by atoms with Crippen LogP contribution in [0, 0.1) is 11.5 Å². The molecule has 0 saturated heterocycles. The number of hydrogen-bond acceptors (Lipinski definition) is 6. The summed E-state index contributed by atoms with van der Waals surface area (Å²) in [6.45, 7) is 13.7. The number of rotatable bonds is 8. The minimum absolute atomic E-state index is 0.196. The smallest absolute Gasteiger partial charge is 0.258 e. The summed E-state index contributed by atoms with van der Waals surface area (Å²) >= 11 is 0. The van der Waals surface area contributed by atoms with Crippen molar-refractivity contribution in [2.75, 3.05) is 24.8 Å². The Morgan fingerprint density at radius 1 is 0.950 bits per heavy atom. The van der Waals surface area contributed by atoms with Crippen molar-refractivity contribution in [1.82, 2.24) is 14.5 Å². The molecule has 0 spiro atoms. The Morgan fingerprint density at radius 3 is 2.30 bits per heavy atom. The summed E-state index contributed by atoms with van der Waals surface area (Å²) in [5, 5.41) is 7.13. The number of hydrogen-bond donors (Lipinski definition) is 2. The number of fused-ring (bicyclic) bond motifs is 1. The van der Waals surface area contributed by atoms with Gasteiger partial charge in [-0.3, -0.25) is 9.36 Å². The Kier molecular flexibility index (Phi) is 8.65. The van der Waals surface area contributed by atoms with E-state index in [1.165, 1.54) is 0 Å². The summed E-state index contributed by atoms with van der Waals surface area (Å²) in [5.41, 5.74) is 8.46. The molecule has 4 aromatic rings. The summed E-state index contributed by atoms with van der Waals surface area (Å²) in [6.07, 6.45) is 1.76. The molecule has 2 N–H and O–H groups in total.